The van der Waals surface area contributed by atoms with Crippen LogP contribution in [0.25, 0.3) is 11.3 Å². The lowest BCUT2D eigenvalue weighted by Crippen LogP contribution is -2.25. The zero-order valence-corrected chi connectivity index (χ0v) is 18.8. The predicted molar refractivity (Wildman–Crippen MR) is 119 cm³/mol. The Kier molecular flexibility index (Phi) is 6.48. The van der Waals surface area contributed by atoms with Gasteiger partial charge in [-0.15, -0.1) is 0 Å². The zero-order valence-electron chi connectivity index (χ0n) is 18.8. The number of nitrogens with zero attached hydrogens (tertiary/aromatic N) is 5. The van der Waals surface area contributed by atoms with E-state index in [4.69, 9.17) is 0 Å². The third kappa shape index (κ3) is 4.96. The second-order valence-electron chi connectivity index (χ2n) is 7.99. The normalized spacial score (nSPS) is 10.9. The molecule has 162 valence electrons. The van der Waals surface area contributed by atoms with Crippen LogP contribution < -0.4 is 5.32 Å². The monoisotopic (exact) mass is 420 g/mol. The minimum atomic E-state index is -0.170. The number of hydrogen-bond acceptors (Lipinski definition) is 5. The van der Waals surface area contributed by atoms with Crippen LogP contribution in [0.15, 0.2) is 36.5 Å². The molecule has 31 heavy (non-hydrogen) atoms. The van der Waals surface area contributed by atoms with E-state index < -0.39 is 0 Å². The molecule has 3 aromatic rings. The lowest BCUT2D eigenvalue weighted by atomic mass is 10.0. The second-order valence-corrected chi connectivity index (χ2v) is 7.99. The molecule has 0 aliphatic rings. The van der Waals surface area contributed by atoms with Gasteiger partial charge < -0.3 is 10.2 Å². The lowest BCUT2D eigenvalue weighted by molar-refractivity contribution is 0.0827. The molecule has 0 atom stereocenters. The summed E-state index contributed by atoms with van der Waals surface area (Å²) < 4.78 is 1.61. The molecule has 1 aromatic carbocycles. The van der Waals surface area contributed by atoms with Gasteiger partial charge in [0.2, 0.25) is 0 Å². The van der Waals surface area contributed by atoms with Crippen molar-refractivity contribution in [2.45, 2.75) is 33.2 Å². The molecule has 0 unspecified atom stereocenters. The summed E-state index contributed by atoms with van der Waals surface area (Å²) in [6.07, 6.45) is 1.56. The Bertz CT molecular complexity index is 1100. The number of hydrogen-bond donors (Lipinski definition) is 1. The van der Waals surface area contributed by atoms with Crippen molar-refractivity contribution in [2.24, 2.45) is 7.05 Å². The second kappa shape index (κ2) is 9.07. The first-order valence-corrected chi connectivity index (χ1v) is 10.1. The van der Waals surface area contributed by atoms with Gasteiger partial charge in [0.1, 0.15) is 11.5 Å². The van der Waals surface area contributed by atoms with Gasteiger partial charge in [-0.3, -0.25) is 14.3 Å². The molecule has 0 saturated heterocycles. The predicted octanol–water partition coefficient (Wildman–Crippen LogP) is 2.94. The molecule has 0 saturated carbocycles. The van der Waals surface area contributed by atoms with Crippen molar-refractivity contribution in [2.75, 3.05) is 14.1 Å². The van der Waals surface area contributed by atoms with Crippen LogP contribution in [0.3, 0.4) is 0 Å². The van der Waals surface area contributed by atoms with Crippen molar-refractivity contribution in [1.29, 1.82) is 0 Å². The van der Waals surface area contributed by atoms with Gasteiger partial charge in [0.15, 0.2) is 0 Å². The van der Waals surface area contributed by atoms with Crippen molar-refractivity contribution in [1.82, 2.24) is 30.0 Å². The van der Waals surface area contributed by atoms with E-state index in [-0.39, 0.29) is 17.7 Å². The topological polar surface area (TPSA) is 93.0 Å². The largest absolute Gasteiger partial charge is 0.347 e. The average molecular weight is 421 g/mol. The van der Waals surface area contributed by atoms with E-state index in [2.05, 4.69) is 20.4 Å². The molecule has 0 aliphatic carbocycles. The first-order chi connectivity index (χ1) is 14.7. The maximum absolute atomic E-state index is 12.6. The molecular weight excluding hydrogens is 392 g/mol. The maximum Gasteiger partial charge on any atom is 0.269 e. The Morgan fingerprint density at radius 2 is 1.84 bits per heavy atom. The first kappa shape index (κ1) is 22.1. The number of nitrogens with one attached hydrogen (secondary N) is 1. The number of aromatic nitrogens is 4. The third-order valence-corrected chi connectivity index (χ3v) is 4.95. The molecule has 0 radical (unpaired) electrons. The van der Waals surface area contributed by atoms with E-state index in [9.17, 15) is 9.59 Å². The Labute approximate surface area is 182 Å². The molecule has 0 spiro atoms. The molecule has 8 heteroatoms. The molecule has 3 rings (SSSR count). The molecule has 0 bridgehead atoms. The summed E-state index contributed by atoms with van der Waals surface area (Å²) in [4.78, 5) is 35.2. The number of aryl methyl sites for hydroxylation is 2. The van der Waals surface area contributed by atoms with Crippen LogP contribution in [-0.4, -0.2) is 50.6 Å². The van der Waals surface area contributed by atoms with E-state index >= 15 is 0 Å². The van der Waals surface area contributed by atoms with Crippen LogP contribution in [0.1, 0.15) is 57.7 Å². The van der Waals surface area contributed by atoms with E-state index in [0.29, 0.717) is 29.3 Å². The van der Waals surface area contributed by atoms with Crippen molar-refractivity contribution in [3.63, 3.8) is 0 Å². The Hall–Kier alpha value is -3.55. The zero-order chi connectivity index (χ0) is 22.7. The smallest absolute Gasteiger partial charge is 0.269 e. The number of benzene rings is 1. The fourth-order valence-electron chi connectivity index (χ4n) is 3.12. The van der Waals surface area contributed by atoms with Crippen LogP contribution in [0.5, 0.6) is 0 Å². The van der Waals surface area contributed by atoms with Crippen LogP contribution in [0.2, 0.25) is 0 Å². The number of rotatable bonds is 6. The summed E-state index contributed by atoms with van der Waals surface area (Å²) in [7, 11) is 5.17. The Morgan fingerprint density at radius 1 is 1.16 bits per heavy atom. The van der Waals surface area contributed by atoms with Crippen molar-refractivity contribution in [3.05, 3.63) is 64.9 Å². The molecular formula is C23H28N6O2. The maximum atomic E-state index is 12.6. The van der Waals surface area contributed by atoms with Gasteiger partial charge in [-0.05, 0) is 24.5 Å². The van der Waals surface area contributed by atoms with Gasteiger partial charge in [-0.2, -0.15) is 5.10 Å². The minimum absolute atomic E-state index is 0.150. The molecule has 2 heterocycles. The first-order valence-electron chi connectivity index (χ1n) is 10.1. The summed E-state index contributed by atoms with van der Waals surface area (Å²) in [5, 5.41) is 7.32. The van der Waals surface area contributed by atoms with Crippen molar-refractivity contribution >= 4 is 11.8 Å². The highest BCUT2D eigenvalue weighted by Crippen LogP contribution is 2.23. The average Bonchev–Trinajstić information content (AvgIpc) is 3.14. The molecule has 8 nitrogen and oxygen atoms in total. The highest BCUT2D eigenvalue weighted by molar-refractivity contribution is 5.99. The van der Waals surface area contributed by atoms with Gasteiger partial charge in [-0.1, -0.05) is 38.1 Å². The number of carbonyl (C=O) groups is 2. The summed E-state index contributed by atoms with van der Waals surface area (Å²) in [5.41, 5.74) is 4.23. The fourth-order valence-corrected chi connectivity index (χ4v) is 3.12. The van der Waals surface area contributed by atoms with Gasteiger partial charge in [-0.25, -0.2) is 9.97 Å². The highest BCUT2D eigenvalue weighted by Gasteiger charge is 2.18. The van der Waals surface area contributed by atoms with Gasteiger partial charge in [0.05, 0.1) is 17.0 Å². The SMILES string of the molecule is Cc1ncc(C(=O)N(C)C)c(-c2ccc(CNC(=O)c3cc(C(C)C)nn3C)cc2)n1. The molecule has 1 N–H and O–H groups in total. The van der Waals surface area contributed by atoms with Crippen molar-refractivity contribution in [3.8, 4) is 11.3 Å². The Morgan fingerprint density at radius 3 is 2.42 bits per heavy atom. The van der Waals surface area contributed by atoms with Crippen LogP contribution in [0, 0.1) is 6.92 Å². The quantitative estimate of drug-likeness (QED) is 0.662. The minimum Gasteiger partial charge on any atom is -0.347 e. The number of amides is 2. The molecule has 2 amide bonds. The molecule has 0 aliphatic heterocycles. The summed E-state index contributed by atoms with van der Waals surface area (Å²) in [6, 6.07) is 9.45. The fraction of sp³-hybridized carbons (Fsp3) is 0.348. The number of carbonyl (C=O) groups excluding carboxylic acids is 2. The standard InChI is InChI=1S/C23H28N6O2/c1-14(2)19-11-20(29(6)27-19)22(30)25-12-16-7-9-17(10-8-16)21-18(23(31)28(4)5)13-24-15(3)26-21/h7-11,13-14H,12H2,1-6H3,(H,25,30). The molecule has 0 fully saturated rings. The van der Waals surface area contributed by atoms with Crippen LogP contribution >= 0.6 is 0 Å². The summed E-state index contributed by atoms with van der Waals surface area (Å²) in [6.45, 7) is 6.26. The summed E-state index contributed by atoms with van der Waals surface area (Å²) in [5.74, 6) is 0.535. The van der Waals surface area contributed by atoms with Gasteiger partial charge in [0, 0.05) is 39.4 Å². The summed E-state index contributed by atoms with van der Waals surface area (Å²) >= 11 is 0. The van der Waals surface area contributed by atoms with Crippen LogP contribution in [0.4, 0.5) is 0 Å². The highest BCUT2D eigenvalue weighted by atomic mass is 16.2. The van der Waals surface area contributed by atoms with E-state index in [1.165, 1.54) is 4.90 Å². The third-order valence-electron chi connectivity index (χ3n) is 4.95. The molecule has 2 aromatic heterocycles. The lowest BCUT2D eigenvalue weighted by Gasteiger charge is -2.14. The van der Waals surface area contributed by atoms with Crippen LogP contribution in [-0.2, 0) is 13.6 Å². The van der Waals surface area contributed by atoms with Gasteiger partial charge in [0.25, 0.3) is 11.8 Å². The van der Waals surface area contributed by atoms with Crippen molar-refractivity contribution < 1.29 is 9.59 Å². The Balaban J connectivity index is 1.75. The van der Waals surface area contributed by atoms with E-state index in [1.54, 1.807) is 38.9 Å². The van der Waals surface area contributed by atoms with E-state index in [1.807, 2.05) is 44.2 Å². The van der Waals surface area contributed by atoms with E-state index in [0.717, 1.165) is 16.8 Å². The van der Waals surface area contributed by atoms with Gasteiger partial charge >= 0.3 is 0 Å².